The van der Waals surface area contributed by atoms with E-state index >= 15 is 0 Å². The van der Waals surface area contributed by atoms with Crippen LogP contribution >= 0.6 is 0 Å². The number of alkyl halides is 2. The van der Waals surface area contributed by atoms with Crippen LogP contribution in [0, 0.1) is 0 Å². The van der Waals surface area contributed by atoms with E-state index in [4.69, 9.17) is 0 Å². The molecule has 1 amide bonds. The van der Waals surface area contributed by atoms with Crippen molar-refractivity contribution in [3.8, 4) is 0 Å². The molecule has 0 aliphatic carbocycles. The fourth-order valence-electron chi connectivity index (χ4n) is 0.246. The third kappa shape index (κ3) is 39.0. The maximum Gasteiger partial charge on any atom is 0.236 e. The Balaban J connectivity index is -0.000000188. The maximum absolute atomic E-state index is 10.7. The van der Waals surface area contributed by atoms with Crippen LogP contribution in [0.3, 0.4) is 0 Å². The van der Waals surface area contributed by atoms with Gasteiger partial charge in [0.2, 0.25) is 12.0 Å². The van der Waals surface area contributed by atoms with Crippen LogP contribution in [0.1, 0.15) is 6.92 Å². The number of halogens is 3. The molecule has 0 bridgehead atoms. The van der Waals surface area contributed by atoms with Gasteiger partial charge in [0.1, 0.15) is 6.67 Å². The molecule has 0 aromatic heterocycles. The number of ether oxygens (including phenoxy) is 1. The Morgan fingerprint density at radius 1 is 1.50 bits per heavy atom. The molecule has 0 atom stereocenters. The number of carbonyl (C=O) groups is 1. The second kappa shape index (κ2) is 23.4. The summed E-state index contributed by atoms with van der Waals surface area (Å²) in [5.41, 5.74) is 0. The van der Waals surface area contributed by atoms with E-state index in [0.717, 1.165) is 0 Å². The normalized spacial score (nSPS) is 7.31. The molecule has 0 aliphatic heterocycles. The van der Waals surface area contributed by atoms with E-state index in [1.807, 2.05) is 0 Å². The molecular weight excluding hydrogens is 233 g/mol. The van der Waals surface area contributed by atoms with Crippen molar-refractivity contribution >= 4 is 12.0 Å². The highest BCUT2D eigenvalue weighted by Gasteiger charge is 1.82. The zero-order chi connectivity index (χ0) is 13.2. The number of carbonyl (C=O) groups excluding carboxylic acids is 2. The summed E-state index contributed by atoms with van der Waals surface area (Å²) in [5, 5.41) is 2.28. The zero-order valence-electron chi connectivity index (χ0n) is 8.84. The lowest BCUT2D eigenvalue weighted by atomic mass is 10.7. The molecule has 0 radical (unpaired) electrons. The molecule has 1 N–H and O–H groups in total. The van der Waals surface area contributed by atoms with Crippen LogP contribution in [0.15, 0.2) is 4.99 Å². The summed E-state index contributed by atoms with van der Waals surface area (Å²) in [4.78, 5) is 25.3. The van der Waals surface area contributed by atoms with Crippen LogP contribution in [-0.4, -0.2) is 39.5 Å². The van der Waals surface area contributed by atoms with Gasteiger partial charge < -0.3 is 10.1 Å². The van der Waals surface area contributed by atoms with E-state index in [2.05, 4.69) is 20.0 Å². The summed E-state index contributed by atoms with van der Waals surface area (Å²) in [6.07, 6.45) is 1.28. The first-order valence-corrected chi connectivity index (χ1v) is 3.72. The van der Waals surface area contributed by atoms with Crippen molar-refractivity contribution in [2.75, 3.05) is 27.5 Å². The highest BCUT2D eigenvalue weighted by atomic mass is 19.3. The molecule has 9 heteroatoms. The smallest absolute Gasteiger partial charge is 0.236 e. The van der Waals surface area contributed by atoms with E-state index in [1.165, 1.54) is 13.0 Å². The van der Waals surface area contributed by atoms with Gasteiger partial charge in [-0.25, -0.2) is 9.18 Å². The quantitative estimate of drug-likeness (QED) is 0.337. The molecule has 0 heterocycles. The lowest BCUT2D eigenvalue weighted by molar-refractivity contribution is -0.221. The van der Waals surface area contributed by atoms with Crippen LogP contribution in [0.5, 0.6) is 0 Å². The topological polar surface area (TPSA) is 77.0 Å². The SMILES string of the molecule is CC(=O)NCN=C=O.CF.FCOCOF. The summed E-state index contributed by atoms with van der Waals surface area (Å²) < 4.78 is 34.3. The second-order valence-electron chi connectivity index (χ2n) is 1.68. The van der Waals surface area contributed by atoms with Crippen LogP contribution in [0.4, 0.5) is 13.3 Å². The molecule has 16 heavy (non-hydrogen) atoms. The Bertz CT molecular complexity index is 182. The van der Waals surface area contributed by atoms with Crippen molar-refractivity contribution in [3.63, 3.8) is 0 Å². The highest BCUT2D eigenvalue weighted by Crippen LogP contribution is 1.75. The van der Waals surface area contributed by atoms with Crippen LogP contribution in [0.25, 0.3) is 0 Å². The average molecular weight is 246 g/mol. The minimum atomic E-state index is -1.01. The number of amides is 1. The fourth-order valence-corrected chi connectivity index (χ4v) is 0.246. The molecular formula is C7H13F3N2O4. The van der Waals surface area contributed by atoms with Gasteiger partial charge >= 0.3 is 0 Å². The predicted octanol–water partition coefficient (Wildman–Crippen LogP) is 0.790. The number of isocyanates is 1. The van der Waals surface area contributed by atoms with Gasteiger partial charge in [-0.2, -0.15) is 9.93 Å². The minimum Gasteiger partial charge on any atom is -0.336 e. The third-order valence-electron chi connectivity index (χ3n) is 0.677. The Kier molecular flexibility index (Phi) is 29.3. The predicted molar refractivity (Wildman–Crippen MR) is 48.0 cm³/mol. The first-order chi connectivity index (χ1) is 7.68. The first kappa shape index (κ1) is 20.0. The van der Waals surface area contributed by atoms with Gasteiger partial charge in [0.25, 0.3) is 0 Å². The molecule has 96 valence electrons. The molecule has 0 spiro atoms. The monoisotopic (exact) mass is 246 g/mol. The van der Waals surface area contributed by atoms with Gasteiger partial charge in [-0.1, -0.05) is 0 Å². The molecule has 0 fully saturated rings. The number of aliphatic imine (C=N–C) groups is 1. The van der Waals surface area contributed by atoms with Crippen molar-refractivity contribution in [1.29, 1.82) is 0 Å². The van der Waals surface area contributed by atoms with E-state index in [9.17, 15) is 22.9 Å². The Labute approximate surface area is 90.3 Å². The molecule has 0 aliphatic rings. The largest absolute Gasteiger partial charge is 0.336 e. The van der Waals surface area contributed by atoms with E-state index in [-0.39, 0.29) is 12.6 Å². The van der Waals surface area contributed by atoms with Crippen molar-refractivity contribution in [2.45, 2.75) is 6.92 Å². The van der Waals surface area contributed by atoms with Crippen molar-refractivity contribution in [1.82, 2.24) is 5.32 Å². The van der Waals surface area contributed by atoms with Gasteiger partial charge in [0.05, 0.1) is 7.18 Å². The van der Waals surface area contributed by atoms with Gasteiger partial charge in [0, 0.05) is 6.92 Å². The molecule has 0 saturated heterocycles. The summed E-state index contributed by atoms with van der Waals surface area (Å²) in [5.74, 6) is -0.205. The summed E-state index contributed by atoms with van der Waals surface area (Å²) in [6.45, 7) is -0.264. The number of hydrogen-bond donors (Lipinski definition) is 1. The van der Waals surface area contributed by atoms with Crippen molar-refractivity contribution < 1.29 is 32.6 Å². The molecule has 0 unspecified atom stereocenters. The molecule has 0 saturated carbocycles. The van der Waals surface area contributed by atoms with Gasteiger partial charge in [0.15, 0.2) is 13.7 Å². The summed E-state index contributed by atoms with van der Waals surface area (Å²) in [6, 6.07) is 0. The van der Waals surface area contributed by atoms with Crippen LogP contribution < -0.4 is 5.32 Å². The van der Waals surface area contributed by atoms with Gasteiger partial charge in [-0.15, -0.1) is 0 Å². The second-order valence-corrected chi connectivity index (χ2v) is 1.68. The van der Waals surface area contributed by atoms with Crippen LogP contribution in [0.2, 0.25) is 0 Å². The van der Waals surface area contributed by atoms with E-state index in [1.54, 1.807) is 0 Å². The Morgan fingerprint density at radius 2 is 2.06 bits per heavy atom. The number of nitrogens with zero attached hydrogens (tertiary/aromatic N) is 1. The number of hydrogen-bond acceptors (Lipinski definition) is 5. The highest BCUT2D eigenvalue weighted by molar-refractivity contribution is 5.72. The third-order valence-corrected chi connectivity index (χ3v) is 0.677. The Morgan fingerprint density at radius 3 is 2.31 bits per heavy atom. The standard InChI is InChI=1S/C4H6N2O2.C2H4F2O2.CH3F/c1-4(8)6-2-5-3-7;3-1-5-2-6-4;1-2/h2H2,1H3,(H,6,8);1-2H2;1H3. The minimum absolute atomic E-state index is 0.0266. The van der Waals surface area contributed by atoms with Crippen LogP contribution in [-0.2, 0) is 19.3 Å². The molecule has 0 aromatic rings. The van der Waals surface area contributed by atoms with Crippen molar-refractivity contribution in [3.05, 3.63) is 0 Å². The zero-order valence-corrected chi connectivity index (χ0v) is 8.84. The molecule has 6 nitrogen and oxygen atoms in total. The van der Waals surface area contributed by atoms with Gasteiger partial charge in [-0.3, -0.25) is 9.18 Å². The van der Waals surface area contributed by atoms with E-state index < -0.39 is 13.7 Å². The fraction of sp³-hybridized carbons (Fsp3) is 0.714. The van der Waals surface area contributed by atoms with E-state index in [0.29, 0.717) is 7.18 Å². The lowest BCUT2D eigenvalue weighted by Gasteiger charge is -1.89. The Hall–Kier alpha value is -1.44. The average Bonchev–Trinajstić information content (AvgIpc) is 2.30. The van der Waals surface area contributed by atoms with Gasteiger partial charge in [-0.05, 0) is 4.53 Å². The summed E-state index contributed by atoms with van der Waals surface area (Å²) >= 11 is 0. The molecule has 0 aromatic carbocycles. The molecule has 0 rings (SSSR count). The van der Waals surface area contributed by atoms with Crippen molar-refractivity contribution in [2.24, 2.45) is 4.99 Å². The first-order valence-electron chi connectivity index (χ1n) is 3.72. The number of rotatable bonds is 5. The lowest BCUT2D eigenvalue weighted by Crippen LogP contribution is -2.19. The summed E-state index contributed by atoms with van der Waals surface area (Å²) in [7, 11) is 0.500. The number of nitrogens with one attached hydrogen (secondary N) is 1. The maximum atomic E-state index is 10.7.